The minimum Gasteiger partial charge on any atom is -0.462 e. The van der Waals surface area contributed by atoms with Crippen LogP contribution in [0.2, 0.25) is 0 Å². The van der Waals surface area contributed by atoms with Gasteiger partial charge in [-0.25, -0.2) is 24.8 Å². The van der Waals surface area contributed by atoms with Gasteiger partial charge in [-0.2, -0.15) is 0 Å². The minimum atomic E-state index is -3.87. The first kappa shape index (κ1) is 29.0. The predicted octanol–water partition coefficient (Wildman–Crippen LogP) is 2.79. The van der Waals surface area contributed by atoms with Crippen LogP contribution in [0.25, 0.3) is 11.2 Å². The van der Waals surface area contributed by atoms with Crippen LogP contribution >= 0.6 is 7.52 Å². The number of nitrogen functional groups attached to an aromatic ring is 1. The van der Waals surface area contributed by atoms with Crippen LogP contribution < -0.4 is 10.8 Å². The number of rotatable bonds is 13. The fourth-order valence-corrected chi connectivity index (χ4v) is 6.07. The number of carbonyl (C=O) groups excluding carboxylic acids is 2. The molecule has 3 N–H and O–H groups in total. The van der Waals surface area contributed by atoms with Gasteiger partial charge in [0.2, 0.25) is 0 Å². The number of aromatic nitrogens is 4. The SMILES string of the molecule is CC(C)OC(=O)CO[P@](=O)(CO[C@H](C)Cn1cnc2c(N)ncnc21)NC1(C(=O)OC(C)C)CCCC1. The summed E-state index contributed by atoms with van der Waals surface area (Å²) in [6.07, 6.45) is 3.75. The molecule has 1 fully saturated rings. The number of nitrogens with one attached hydrogen (secondary N) is 1. The lowest BCUT2D eigenvalue weighted by Gasteiger charge is -2.33. The second-order valence-corrected chi connectivity index (χ2v) is 11.9. The molecule has 2 aromatic heterocycles. The number of anilines is 1. The van der Waals surface area contributed by atoms with Gasteiger partial charge in [0, 0.05) is 0 Å². The number of nitrogens with zero attached hydrogens (tertiary/aromatic N) is 4. The van der Waals surface area contributed by atoms with Gasteiger partial charge in [-0.15, -0.1) is 0 Å². The van der Waals surface area contributed by atoms with E-state index in [9.17, 15) is 14.2 Å². The van der Waals surface area contributed by atoms with Crippen LogP contribution in [0.5, 0.6) is 0 Å². The Labute approximate surface area is 216 Å². The summed E-state index contributed by atoms with van der Waals surface area (Å²) < 4.78 is 37.8. The van der Waals surface area contributed by atoms with Crippen molar-refractivity contribution in [1.82, 2.24) is 24.6 Å². The molecule has 0 bridgehead atoms. The average molecular weight is 541 g/mol. The molecule has 1 aliphatic rings. The minimum absolute atomic E-state index is 0.267. The summed E-state index contributed by atoms with van der Waals surface area (Å²) in [5, 5.41) is 2.94. The molecule has 37 heavy (non-hydrogen) atoms. The molecule has 0 saturated heterocycles. The zero-order chi connectivity index (χ0) is 27.2. The van der Waals surface area contributed by atoms with Gasteiger partial charge < -0.3 is 29.0 Å². The molecule has 3 rings (SSSR count). The number of ether oxygens (including phenoxy) is 3. The third-order valence-electron chi connectivity index (χ3n) is 5.75. The molecular formula is C23H37N6O7P. The topological polar surface area (TPSA) is 170 Å². The van der Waals surface area contributed by atoms with Gasteiger partial charge in [0.05, 0.1) is 31.2 Å². The molecule has 0 aliphatic heterocycles. The number of hydrogen-bond donors (Lipinski definition) is 2. The monoisotopic (exact) mass is 540 g/mol. The first-order valence-electron chi connectivity index (χ1n) is 12.4. The fourth-order valence-electron chi connectivity index (χ4n) is 4.14. The summed E-state index contributed by atoms with van der Waals surface area (Å²) in [7, 11) is -3.87. The van der Waals surface area contributed by atoms with Crippen molar-refractivity contribution >= 4 is 36.4 Å². The number of carbonyl (C=O) groups is 2. The highest BCUT2D eigenvalue weighted by Crippen LogP contribution is 2.48. The van der Waals surface area contributed by atoms with E-state index in [2.05, 4.69) is 20.0 Å². The summed E-state index contributed by atoms with van der Waals surface area (Å²) in [5.41, 5.74) is 5.68. The number of imidazole rings is 1. The van der Waals surface area contributed by atoms with Crippen LogP contribution in [0.1, 0.15) is 60.3 Å². The van der Waals surface area contributed by atoms with Crippen molar-refractivity contribution in [2.45, 2.75) is 90.7 Å². The first-order chi connectivity index (χ1) is 17.4. The highest BCUT2D eigenvalue weighted by Gasteiger charge is 2.48. The molecule has 14 heteroatoms. The lowest BCUT2D eigenvalue weighted by atomic mass is 10.00. The lowest BCUT2D eigenvalue weighted by molar-refractivity contribution is -0.154. The normalized spacial score (nSPS) is 17.7. The van der Waals surface area contributed by atoms with Gasteiger partial charge in [0.25, 0.3) is 7.52 Å². The molecule has 2 aromatic rings. The quantitative estimate of drug-likeness (QED) is 0.282. The smallest absolute Gasteiger partial charge is 0.332 e. The van der Waals surface area contributed by atoms with E-state index in [1.807, 2.05) is 0 Å². The van der Waals surface area contributed by atoms with E-state index < -0.39 is 37.7 Å². The molecule has 206 valence electrons. The summed E-state index contributed by atoms with van der Waals surface area (Å²) in [6, 6.07) is 0. The highest BCUT2D eigenvalue weighted by molar-refractivity contribution is 7.56. The Kier molecular flexibility index (Phi) is 9.63. The van der Waals surface area contributed by atoms with E-state index in [1.54, 1.807) is 45.5 Å². The van der Waals surface area contributed by atoms with Crippen LogP contribution in [-0.4, -0.2) is 68.3 Å². The van der Waals surface area contributed by atoms with Gasteiger partial charge in [-0.3, -0.25) is 9.36 Å². The maximum atomic E-state index is 14.0. The Bertz CT molecular complexity index is 1130. The third kappa shape index (κ3) is 7.70. The van der Waals surface area contributed by atoms with Crippen LogP contribution in [0.15, 0.2) is 12.7 Å². The maximum Gasteiger partial charge on any atom is 0.332 e. The molecule has 1 saturated carbocycles. The van der Waals surface area contributed by atoms with Crippen molar-refractivity contribution in [3.8, 4) is 0 Å². The molecular weight excluding hydrogens is 503 g/mol. The van der Waals surface area contributed by atoms with E-state index in [-0.39, 0.29) is 24.4 Å². The highest BCUT2D eigenvalue weighted by atomic mass is 31.2. The van der Waals surface area contributed by atoms with Crippen molar-refractivity contribution < 1.29 is 32.9 Å². The van der Waals surface area contributed by atoms with Crippen molar-refractivity contribution in [2.24, 2.45) is 0 Å². The maximum absolute atomic E-state index is 14.0. The lowest BCUT2D eigenvalue weighted by Crippen LogP contribution is -2.50. The second-order valence-electron chi connectivity index (χ2n) is 9.77. The molecule has 0 unspecified atom stereocenters. The zero-order valence-electron chi connectivity index (χ0n) is 22.0. The van der Waals surface area contributed by atoms with Crippen molar-refractivity contribution in [1.29, 1.82) is 0 Å². The first-order valence-corrected chi connectivity index (χ1v) is 14.2. The Morgan fingerprint density at radius 3 is 2.43 bits per heavy atom. The molecule has 1 aliphatic carbocycles. The zero-order valence-corrected chi connectivity index (χ0v) is 22.9. The Morgan fingerprint density at radius 1 is 1.11 bits per heavy atom. The van der Waals surface area contributed by atoms with Gasteiger partial charge in [-0.05, 0) is 47.5 Å². The number of fused-ring (bicyclic) bond motifs is 1. The average Bonchev–Trinajstić information content (AvgIpc) is 3.45. The van der Waals surface area contributed by atoms with Crippen molar-refractivity contribution in [2.75, 3.05) is 18.7 Å². The van der Waals surface area contributed by atoms with E-state index in [0.29, 0.717) is 30.6 Å². The molecule has 0 amide bonds. The summed E-state index contributed by atoms with van der Waals surface area (Å²) in [5.74, 6) is -0.899. The molecule has 13 nitrogen and oxygen atoms in total. The number of hydrogen-bond acceptors (Lipinski definition) is 11. The standard InChI is InChI=1S/C23H37N6O7P/c1-15(2)35-18(30)11-34-37(32,28-23(8-6-7-9-23)22(31)36-16(3)4)14-33-17(5)10-29-13-27-19-20(24)25-12-26-21(19)29/h12-13,15-17H,6-11,14H2,1-5H3,(H,28,32)(H2,24,25,26)/t17-,37-/m1/s1. The van der Waals surface area contributed by atoms with E-state index >= 15 is 0 Å². The van der Waals surface area contributed by atoms with Gasteiger partial charge in [0.1, 0.15) is 23.7 Å². The van der Waals surface area contributed by atoms with E-state index in [0.717, 1.165) is 12.8 Å². The number of esters is 2. The van der Waals surface area contributed by atoms with Crippen LogP contribution in [-0.2, 0) is 39.4 Å². The Hall–Kier alpha value is -2.60. The summed E-state index contributed by atoms with van der Waals surface area (Å²) in [4.78, 5) is 37.5. The molecule has 2 heterocycles. The summed E-state index contributed by atoms with van der Waals surface area (Å²) >= 11 is 0. The van der Waals surface area contributed by atoms with Crippen molar-refractivity contribution in [3.05, 3.63) is 12.7 Å². The van der Waals surface area contributed by atoms with Crippen LogP contribution in [0, 0.1) is 0 Å². The van der Waals surface area contributed by atoms with Gasteiger partial charge in [0.15, 0.2) is 18.1 Å². The van der Waals surface area contributed by atoms with Crippen molar-refractivity contribution in [3.63, 3.8) is 0 Å². The van der Waals surface area contributed by atoms with Gasteiger partial charge in [-0.1, -0.05) is 12.8 Å². The summed E-state index contributed by atoms with van der Waals surface area (Å²) in [6.45, 7) is 8.46. The largest absolute Gasteiger partial charge is 0.462 e. The second kappa shape index (κ2) is 12.3. The van der Waals surface area contributed by atoms with E-state index in [4.69, 9.17) is 24.5 Å². The molecule has 2 atom stereocenters. The third-order valence-corrected chi connectivity index (χ3v) is 7.55. The Morgan fingerprint density at radius 2 is 1.78 bits per heavy atom. The molecule has 0 aromatic carbocycles. The van der Waals surface area contributed by atoms with Gasteiger partial charge >= 0.3 is 11.9 Å². The van der Waals surface area contributed by atoms with E-state index in [1.165, 1.54) is 6.33 Å². The molecule has 0 spiro atoms. The molecule has 0 radical (unpaired) electrons. The van der Waals surface area contributed by atoms with Crippen LogP contribution in [0.3, 0.4) is 0 Å². The van der Waals surface area contributed by atoms with Crippen LogP contribution in [0.4, 0.5) is 5.82 Å². The predicted molar refractivity (Wildman–Crippen MR) is 135 cm³/mol. The number of nitrogens with two attached hydrogens (primary N) is 1. The Balaban J connectivity index is 1.74. The fraction of sp³-hybridized carbons (Fsp3) is 0.696.